The lowest BCUT2D eigenvalue weighted by atomic mass is 10.0. The van der Waals surface area contributed by atoms with Crippen LogP contribution in [0.2, 0.25) is 0 Å². The van der Waals surface area contributed by atoms with Gasteiger partial charge in [-0.3, -0.25) is 9.78 Å². The van der Waals surface area contributed by atoms with Crippen molar-refractivity contribution in [3.8, 4) is 22.7 Å². The smallest absolute Gasteiger partial charge is 0.355 e. The van der Waals surface area contributed by atoms with Gasteiger partial charge in [-0.05, 0) is 48.7 Å². The number of hydrogen-bond donors (Lipinski definition) is 1. The maximum atomic E-state index is 15.8. The van der Waals surface area contributed by atoms with Crippen LogP contribution in [0.25, 0.3) is 28.0 Å². The zero-order valence-corrected chi connectivity index (χ0v) is 23.6. The molecule has 4 heterocycles. The van der Waals surface area contributed by atoms with E-state index >= 15 is 4.39 Å². The molecule has 1 saturated heterocycles. The van der Waals surface area contributed by atoms with Crippen molar-refractivity contribution in [3.63, 3.8) is 0 Å². The molecule has 5 rings (SSSR count). The zero-order chi connectivity index (χ0) is 31.2. The SMILES string of the molecule is C=CC(=O)N1CCN(c2nc(=O)n(-c3c(C)ccnc3C(C)C)c3nc(-c4c(O)cccc4F)c(F)cc23)C(C(F)F)C1. The number of halogens is 4. The molecular weight excluding hydrogens is 568 g/mol. The van der Waals surface area contributed by atoms with Crippen molar-refractivity contribution >= 4 is 22.8 Å². The summed E-state index contributed by atoms with van der Waals surface area (Å²) >= 11 is 0. The molecule has 0 radical (unpaired) electrons. The highest BCUT2D eigenvalue weighted by Gasteiger charge is 2.37. The Morgan fingerprint density at radius 1 is 1.14 bits per heavy atom. The zero-order valence-electron chi connectivity index (χ0n) is 23.6. The van der Waals surface area contributed by atoms with Gasteiger partial charge >= 0.3 is 5.69 Å². The lowest BCUT2D eigenvalue weighted by Crippen LogP contribution is -2.58. The molecule has 9 nitrogen and oxygen atoms in total. The van der Waals surface area contributed by atoms with Gasteiger partial charge in [0.1, 0.15) is 29.1 Å². The summed E-state index contributed by atoms with van der Waals surface area (Å²) in [4.78, 5) is 41.4. The summed E-state index contributed by atoms with van der Waals surface area (Å²) in [6, 6.07) is 4.42. The van der Waals surface area contributed by atoms with Crippen molar-refractivity contribution in [2.75, 3.05) is 24.5 Å². The number of aromatic nitrogens is 4. The first-order valence-corrected chi connectivity index (χ1v) is 13.5. The average Bonchev–Trinajstić information content (AvgIpc) is 2.96. The number of fused-ring (bicyclic) bond motifs is 1. The van der Waals surface area contributed by atoms with Gasteiger partial charge in [0, 0.05) is 25.8 Å². The first-order chi connectivity index (χ1) is 20.4. The van der Waals surface area contributed by atoms with E-state index in [1.165, 1.54) is 11.0 Å². The molecule has 1 N–H and O–H groups in total. The van der Waals surface area contributed by atoms with Gasteiger partial charge in [0.05, 0.1) is 22.3 Å². The summed E-state index contributed by atoms with van der Waals surface area (Å²) in [7, 11) is 0. The standard InChI is InChI=1S/C30H28F4N6O3/c1-5-22(42)38-11-12-39(20(14-38)27(33)34)28-17-13-19(32)25(23-18(31)7-6-8-21(23)41)36-29(17)40(30(43)37-28)26-16(4)9-10-35-24(26)15(2)3/h5-10,13,15,20,27,41H,1,11-12,14H2,2-4H3. The molecule has 0 bridgehead atoms. The molecule has 1 unspecified atom stereocenters. The maximum absolute atomic E-state index is 15.8. The highest BCUT2D eigenvalue weighted by Crippen LogP contribution is 2.37. The Labute approximate surface area is 243 Å². The van der Waals surface area contributed by atoms with E-state index < -0.39 is 59.3 Å². The fraction of sp³-hybridized carbons (Fsp3) is 0.300. The third kappa shape index (κ3) is 5.19. The number of nitrogens with zero attached hydrogens (tertiary/aromatic N) is 6. The minimum atomic E-state index is -2.97. The van der Waals surface area contributed by atoms with Crippen LogP contribution in [0.1, 0.15) is 31.0 Å². The maximum Gasteiger partial charge on any atom is 0.355 e. The molecule has 224 valence electrons. The number of anilines is 1. The predicted octanol–water partition coefficient (Wildman–Crippen LogP) is 4.73. The van der Waals surface area contributed by atoms with Crippen LogP contribution in [0.15, 0.2) is 54.0 Å². The first kappa shape index (κ1) is 29.7. The van der Waals surface area contributed by atoms with Gasteiger partial charge in [-0.2, -0.15) is 4.98 Å². The summed E-state index contributed by atoms with van der Waals surface area (Å²) in [6.45, 7) is 8.30. The summed E-state index contributed by atoms with van der Waals surface area (Å²) in [5.41, 5.74) is -0.852. The summed E-state index contributed by atoms with van der Waals surface area (Å²) in [5.74, 6) is -3.62. The topological polar surface area (TPSA) is 104 Å². The summed E-state index contributed by atoms with van der Waals surface area (Å²) in [6.07, 6.45) is -0.384. The molecule has 0 aliphatic carbocycles. The van der Waals surface area contributed by atoms with Crippen molar-refractivity contribution in [1.82, 2.24) is 24.4 Å². The minimum absolute atomic E-state index is 0.0106. The summed E-state index contributed by atoms with van der Waals surface area (Å²) in [5, 5.41) is 10.3. The second-order valence-corrected chi connectivity index (χ2v) is 10.5. The Morgan fingerprint density at radius 3 is 2.53 bits per heavy atom. The normalized spacial score (nSPS) is 15.5. The number of phenols is 1. The molecule has 1 atom stereocenters. The van der Waals surface area contributed by atoms with Gasteiger partial charge in [-0.15, -0.1) is 0 Å². The largest absolute Gasteiger partial charge is 0.507 e. The Kier molecular flexibility index (Phi) is 7.91. The lowest BCUT2D eigenvalue weighted by molar-refractivity contribution is -0.127. The molecule has 13 heteroatoms. The molecule has 1 amide bonds. The lowest BCUT2D eigenvalue weighted by Gasteiger charge is -2.41. The first-order valence-electron chi connectivity index (χ1n) is 13.5. The third-order valence-corrected chi connectivity index (χ3v) is 7.42. The second-order valence-electron chi connectivity index (χ2n) is 10.5. The number of alkyl halides is 2. The molecule has 3 aromatic heterocycles. The monoisotopic (exact) mass is 596 g/mol. The number of benzene rings is 1. The summed E-state index contributed by atoms with van der Waals surface area (Å²) < 4.78 is 60.6. The Balaban J connectivity index is 1.86. The van der Waals surface area contributed by atoms with Crippen molar-refractivity contribution in [3.05, 3.63) is 82.6 Å². The highest BCUT2D eigenvalue weighted by molar-refractivity contribution is 5.91. The second kappa shape index (κ2) is 11.5. The van der Waals surface area contributed by atoms with Crippen LogP contribution in [0, 0.1) is 18.6 Å². The molecule has 1 fully saturated rings. The van der Waals surface area contributed by atoms with Crippen LogP contribution in [0.4, 0.5) is 23.4 Å². The van der Waals surface area contributed by atoms with Crippen molar-refractivity contribution in [2.24, 2.45) is 0 Å². The van der Waals surface area contributed by atoms with Crippen molar-refractivity contribution < 1.29 is 27.5 Å². The third-order valence-electron chi connectivity index (χ3n) is 7.42. The molecular formula is C30H28F4N6O3. The number of carbonyl (C=O) groups excluding carboxylic acids is 1. The van der Waals surface area contributed by atoms with Gasteiger partial charge in [-0.1, -0.05) is 26.5 Å². The van der Waals surface area contributed by atoms with Crippen LogP contribution in [-0.2, 0) is 4.79 Å². The van der Waals surface area contributed by atoms with Crippen molar-refractivity contribution in [1.29, 1.82) is 0 Å². The number of aromatic hydroxyl groups is 1. The van der Waals surface area contributed by atoms with Gasteiger partial charge in [-0.25, -0.2) is 31.9 Å². The Morgan fingerprint density at radius 2 is 1.88 bits per heavy atom. The fourth-order valence-corrected chi connectivity index (χ4v) is 5.35. The van der Waals surface area contributed by atoms with E-state index in [9.17, 15) is 27.9 Å². The van der Waals surface area contributed by atoms with E-state index in [0.29, 0.717) is 16.9 Å². The van der Waals surface area contributed by atoms with Crippen LogP contribution in [0.3, 0.4) is 0 Å². The number of piperazine rings is 1. The average molecular weight is 597 g/mol. The van der Waals surface area contributed by atoms with Gasteiger partial charge in [0.15, 0.2) is 11.5 Å². The van der Waals surface area contributed by atoms with Gasteiger partial charge in [0.2, 0.25) is 5.91 Å². The van der Waals surface area contributed by atoms with Crippen molar-refractivity contribution in [2.45, 2.75) is 39.2 Å². The van der Waals surface area contributed by atoms with Crippen LogP contribution < -0.4 is 10.6 Å². The molecule has 1 aromatic carbocycles. The fourth-order valence-electron chi connectivity index (χ4n) is 5.35. The van der Waals surface area contributed by atoms with Crippen LogP contribution in [0.5, 0.6) is 5.75 Å². The number of pyridine rings is 2. The van der Waals surface area contributed by atoms with Crippen LogP contribution >= 0.6 is 0 Å². The van der Waals surface area contributed by atoms with E-state index in [4.69, 9.17) is 0 Å². The van der Waals surface area contributed by atoms with E-state index in [2.05, 4.69) is 21.5 Å². The molecule has 4 aromatic rings. The minimum Gasteiger partial charge on any atom is -0.507 e. The number of amides is 1. The van der Waals surface area contributed by atoms with Crippen LogP contribution in [-0.4, -0.2) is 67.5 Å². The number of aryl methyl sites for hydroxylation is 1. The highest BCUT2D eigenvalue weighted by atomic mass is 19.3. The molecule has 43 heavy (non-hydrogen) atoms. The Bertz CT molecular complexity index is 1790. The number of hydrogen-bond acceptors (Lipinski definition) is 7. The number of phenolic OH excluding ortho intramolecular Hbond substituents is 1. The Hall–Kier alpha value is -4.81. The molecule has 1 aliphatic heterocycles. The molecule has 1 aliphatic rings. The van der Waals surface area contributed by atoms with E-state index in [1.807, 2.05) is 13.8 Å². The van der Waals surface area contributed by atoms with Gasteiger partial charge in [0.25, 0.3) is 6.43 Å². The number of carbonyl (C=O) groups is 1. The quantitative estimate of drug-likeness (QED) is 0.254. The molecule has 0 saturated carbocycles. The van der Waals surface area contributed by atoms with E-state index in [0.717, 1.165) is 33.7 Å². The van der Waals surface area contributed by atoms with E-state index in [1.54, 1.807) is 19.2 Å². The predicted molar refractivity (Wildman–Crippen MR) is 153 cm³/mol. The molecule has 0 spiro atoms. The van der Waals surface area contributed by atoms with Gasteiger partial charge < -0.3 is 14.9 Å². The van der Waals surface area contributed by atoms with E-state index in [-0.39, 0.29) is 35.9 Å². The number of rotatable bonds is 6.